The Hall–Kier alpha value is -4.28. The SMILES string of the molecule is CCOC(=O)[C@H]1C[C@H](c2ccc(OC)cc2)[C@@H](OCc2ccc3c(c2)N(CCCOC)CCO3)CN1C(=O)OCc1ccccc1. The van der Waals surface area contributed by atoms with Gasteiger partial charge >= 0.3 is 12.1 Å². The molecule has 10 nitrogen and oxygen atoms in total. The van der Waals surface area contributed by atoms with Gasteiger partial charge in [-0.15, -0.1) is 0 Å². The number of rotatable bonds is 13. The van der Waals surface area contributed by atoms with Crippen molar-refractivity contribution in [1.29, 1.82) is 0 Å². The number of hydrogen-bond donors (Lipinski definition) is 0. The first-order valence-corrected chi connectivity index (χ1v) is 15.9. The molecule has 1 amide bonds. The average Bonchev–Trinajstić information content (AvgIpc) is 3.10. The maximum Gasteiger partial charge on any atom is 0.410 e. The van der Waals surface area contributed by atoms with E-state index in [0.29, 0.717) is 26.2 Å². The zero-order valence-corrected chi connectivity index (χ0v) is 26.9. The van der Waals surface area contributed by atoms with Gasteiger partial charge in [-0.2, -0.15) is 0 Å². The molecule has 0 bridgehead atoms. The van der Waals surface area contributed by atoms with Crippen molar-refractivity contribution in [3.8, 4) is 11.5 Å². The van der Waals surface area contributed by atoms with E-state index in [0.717, 1.165) is 53.4 Å². The lowest BCUT2D eigenvalue weighted by Gasteiger charge is -2.42. The van der Waals surface area contributed by atoms with Crippen molar-refractivity contribution in [2.75, 3.05) is 58.6 Å². The zero-order chi connectivity index (χ0) is 32.3. The predicted molar refractivity (Wildman–Crippen MR) is 173 cm³/mol. The molecular weight excluding hydrogens is 588 g/mol. The summed E-state index contributed by atoms with van der Waals surface area (Å²) in [5.74, 6) is 0.937. The molecule has 0 saturated carbocycles. The molecule has 0 spiro atoms. The summed E-state index contributed by atoms with van der Waals surface area (Å²) >= 11 is 0. The van der Waals surface area contributed by atoms with Gasteiger partial charge in [0.15, 0.2) is 0 Å². The van der Waals surface area contributed by atoms with Crippen LogP contribution in [0.2, 0.25) is 0 Å². The largest absolute Gasteiger partial charge is 0.497 e. The van der Waals surface area contributed by atoms with Gasteiger partial charge in [-0.1, -0.05) is 48.5 Å². The number of piperidine rings is 1. The molecule has 2 aliphatic rings. The molecule has 3 aromatic rings. The topological polar surface area (TPSA) is 96.0 Å². The first-order valence-electron chi connectivity index (χ1n) is 15.9. The van der Waals surface area contributed by atoms with Crippen LogP contribution < -0.4 is 14.4 Å². The zero-order valence-electron chi connectivity index (χ0n) is 26.9. The Bertz CT molecular complexity index is 1420. The Morgan fingerprint density at radius 3 is 2.48 bits per heavy atom. The molecule has 0 unspecified atom stereocenters. The molecule has 5 rings (SSSR count). The van der Waals surface area contributed by atoms with Crippen LogP contribution in [0.15, 0.2) is 72.8 Å². The van der Waals surface area contributed by atoms with E-state index in [1.54, 1.807) is 21.1 Å². The summed E-state index contributed by atoms with van der Waals surface area (Å²) in [5.41, 5.74) is 3.87. The molecule has 0 aromatic heterocycles. The molecule has 0 aliphatic carbocycles. The van der Waals surface area contributed by atoms with E-state index in [4.69, 9.17) is 28.4 Å². The highest BCUT2D eigenvalue weighted by molar-refractivity contribution is 5.82. The lowest BCUT2D eigenvalue weighted by atomic mass is 9.83. The Kier molecular flexibility index (Phi) is 11.7. The highest BCUT2D eigenvalue weighted by Gasteiger charge is 2.44. The number of ether oxygens (including phenoxy) is 6. The van der Waals surface area contributed by atoms with Crippen LogP contribution in [-0.4, -0.2) is 82.8 Å². The summed E-state index contributed by atoms with van der Waals surface area (Å²) in [6.45, 7) is 5.54. The monoisotopic (exact) mass is 632 g/mol. The van der Waals surface area contributed by atoms with E-state index < -0.39 is 24.2 Å². The van der Waals surface area contributed by atoms with E-state index in [9.17, 15) is 9.59 Å². The van der Waals surface area contributed by atoms with Crippen LogP contribution in [0.3, 0.4) is 0 Å². The minimum absolute atomic E-state index is 0.0945. The van der Waals surface area contributed by atoms with E-state index in [2.05, 4.69) is 11.0 Å². The molecular formula is C36H44N2O8. The second kappa shape index (κ2) is 16.3. The van der Waals surface area contributed by atoms with Crippen LogP contribution in [0.5, 0.6) is 11.5 Å². The van der Waals surface area contributed by atoms with Crippen LogP contribution in [-0.2, 0) is 37.0 Å². The van der Waals surface area contributed by atoms with Crippen LogP contribution >= 0.6 is 0 Å². The fraction of sp³-hybridized carbons (Fsp3) is 0.444. The molecule has 2 heterocycles. The normalized spacial score (nSPS) is 19.2. The first-order chi connectivity index (χ1) is 22.5. The van der Waals surface area contributed by atoms with E-state index in [1.165, 1.54) is 4.90 Å². The van der Waals surface area contributed by atoms with Gasteiger partial charge in [0, 0.05) is 26.2 Å². The fourth-order valence-corrected chi connectivity index (χ4v) is 6.05. The van der Waals surface area contributed by atoms with E-state index in [1.807, 2.05) is 66.7 Å². The summed E-state index contributed by atoms with van der Waals surface area (Å²) in [4.78, 5) is 30.6. The Morgan fingerprint density at radius 2 is 1.74 bits per heavy atom. The Balaban J connectivity index is 1.38. The van der Waals surface area contributed by atoms with E-state index >= 15 is 0 Å². The standard InChI is InChI=1S/C36H44N2O8/c1-4-43-35(39)32-22-30(28-12-14-29(42-3)15-13-28)34(23-38(32)36(40)46-24-26-9-6-5-7-10-26)45-25-27-11-16-33-31(21-27)37(18-20-44-33)17-8-19-41-2/h5-7,9-16,21,30,32,34H,4,8,17-20,22-25H2,1-3H3/t30-,32-,34+/m1/s1. The maximum atomic E-state index is 13.5. The summed E-state index contributed by atoms with van der Waals surface area (Å²) in [5, 5.41) is 0. The van der Waals surface area contributed by atoms with Crippen LogP contribution in [0.4, 0.5) is 10.5 Å². The second-order valence-corrected chi connectivity index (χ2v) is 11.4. The van der Waals surface area contributed by atoms with Crippen molar-refractivity contribution in [1.82, 2.24) is 4.90 Å². The number of anilines is 1. The summed E-state index contributed by atoms with van der Waals surface area (Å²) in [6.07, 6.45) is 0.233. The molecule has 2 aliphatic heterocycles. The third-order valence-corrected chi connectivity index (χ3v) is 8.44. The number of benzene rings is 3. The van der Waals surface area contributed by atoms with Crippen molar-refractivity contribution >= 4 is 17.7 Å². The van der Waals surface area contributed by atoms with Gasteiger partial charge < -0.3 is 33.3 Å². The van der Waals surface area contributed by atoms with Crippen molar-refractivity contribution in [3.05, 3.63) is 89.5 Å². The van der Waals surface area contributed by atoms with Gasteiger partial charge in [-0.3, -0.25) is 4.90 Å². The molecule has 3 aromatic carbocycles. The highest BCUT2D eigenvalue weighted by Crippen LogP contribution is 2.37. The summed E-state index contributed by atoms with van der Waals surface area (Å²) < 4.78 is 34.3. The number of carbonyl (C=O) groups is 2. The number of carbonyl (C=O) groups excluding carboxylic acids is 2. The predicted octanol–water partition coefficient (Wildman–Crippen LogP) is 5.57. The molecule has 0 radical (unpaired) electrons. The summed E-state index contributed by atoms with van der Waals surface area (Å²) in [7, 11) is 3.34. The molecule has 246 valence electrons. The van der Waals surface area contributed by atoms with Crippen molar-refractivity contribution in [3.63, 3.8) is 0 Å². The average molecular weight is 633 g/mol. The number of methoxy groups -OCH3 is 2. The number of fused-ring (bicyclic) bond motifs is 1. The number of esters is 1. The maximum absolute atomic E-state index is 13.5. The van der Waals surface area contributed by atoms with Crippen molar-refractivity contribution < 1.29 is 38.0 Å². The van der Waals surface area contributed by atoms with Gasteiger partial charge in [0.1, 0.15) is 30.8 Å². The highest BCUT2D eigenvalue weighted by atomic mass is 16.6. The lowest BCUT2D eigenvalue weighted by molar-refractivity contribution is -0.153. The second-order valence-electron chi connectivity index (χ2n) is 11.4. The third kappa shape index (κ3) is 8.30. The first kappa shape index (κ1) is 33.1. The fourth-order valence-electron chi connectivity index (χ4n) is 6.05. The van der Waals surface area contributed by atoms with Gasteiger partial charge in [0.25, 0.3) is 0 Å². The van der Waals surface area contributed by atoms with Gasteiger partial charge in [-0.05, 0) is 60.7 Å². The van der Waals surface area contributed by atoms with Crippen molar-refractivity contribution in [2.45, 2.75) is 51.0 Å². The van der Waals surface area contributed by atoms with Crippen LogP contribution in [0.25, 0.3) is 0 Å². The van der Waals surface area contributed by atoms with Gasteiger partial charge in [-0.25, -0.2) is 9.59 Å². The van der Waals surface area contributed by atoms with Crippen LogP contribution in [0, 0.1) is 0 Å². The summed E-state index contributed by atoms with van der Waals surface area (Å²) in [6, 6.07) is 22.5. The molecule has 10 heteroatoms. The van der Waals surface area contributed by atoms with Crippen LogP contribution in [0.1, 0.15) is 42.4 Å². The third-order valence-electron chi connectivity index (χ3n) is 8.44. The molecule has 3 atom stereocenters. The minimum atomic E-state index is -0.822. The smallest absolute Gasteiger partial charge is 0.410 e. The molecule has 46 heavy (non-hydrogen) atoms. The molecule has 1 fully saturated rings. The Labute approximate surface area is 271 Å². The minimum Gasteiger partial charge on any atom is -0.497 e. The van der Waals surface area contributed by atoms with Gasteiger partial charge in [0.05, 0.1) is 45.2 Å². The number of likely N-dealkylation sites (tertiary alicyclic amines) is 1. The number of nitrogens with zero attached hydrogens (tertiary/aromatic N) is 2. The molecule has 0 N–H and O–H groups in total. The lowest BCUT2D eigenvalue weighted by Crippen LogP contribution is -2.55. The quantitative estimate of drug-likeness (QED) is 0.177. The van der Waals surface area contributed by atoms with E-state index in [-0.39, 0.29) is 25.7 Å². The number of amides is 1. The number of hydrogen-bond acceptors (Lipinski definition) is 9. The van der Waals surface area contributed by atoms with Crippen molar-refractivity contribution in [2.24, 2.45) is 0 Å². The Morgan fingerprint density at radius 1 is 0.935 bits per heavy atom. The molecule has 1 saturated heterocycles. The van der Waals surface area contributed by atoms with Gasteiger partial charge in [0.2, 0.25) is 0 Å².